The second-order valence-electron chi connectivity index (χ2n) is 3.92. The van der Waals surface area contributed by atoms with E-state index in [-0.39, 0.29) is 18.5 Å². The van der Waals surface area contributed by atoms with Crippen molar-refractivity contribution < 1.29 is 4.79 Å². The van der Waals surface area contributed by atoms with Gasteiger partial charge in [-0.05, 0) is 18.4 Å². The van der Waals surface area contributed by atoms with Gasteiger partial charge in [-0.2, -0.15) is 0 Å². The summed E-state index contributed by atoms with van der Waals surface area (Å²) in [6, 6.07) is 3.97. The van der Waals surface area contributed by atoms with E-state index in [2.05, 4.69) is 15.6 Å². The predicted molar refractivity (Wildman–Crippen MR) is 68.8 cm³/mol. The van der Waals surface area contributed by atoms with Gasteiger partial charge in [0.05, 0.1) is 17.9 Å². The van der Waals surface area contributed by atoms with Gasteiger partial charge in [-0.25, -0.2) is 4.68 Å². The molecule has 0 fully saturated rings. The first-order chi connectivity index (χ1) is 8.69. The highest BCUT2D eigenvalue weighted by atomic mass is 32.1. The van der Waals surface area contributed by atoms with E-state index in [1.165, 1.54) is 4.68 Å². The lowest BCUT2D eigenvalue weighted by Gasteiger charge is -2.11. The largest absolute Gasteiger partial charge is 0.347 e. The Bertz CT molecular complexity index is 507. The molecule has 0 unspecified atom stereocenters. The van der Waals surface area contributed by atoms with Crippen molar-refractivity contribution in [1.29, 1.82) is 0 Å². The van der Waals surface area contributed by atoms with Crippen LogP contribution in [0.2, 0.25) is 0 Å². The Morgan fingerprint density at radius 1 is 1.67 bits per heavy atom. The molecular formula is C11H15N5OS. The topological polar surface area (TPSA) is 85.8 Å². The molecule has 0 spiro atoms. The first-order valence-corrected chi connectivity index (χ1v) is 6.49. The van der Waals surface area contributed by atoms with Crippen LogP contribution in [0.5, 0.6) is 0 Å². The average Bonchev–Trinajstić information content (AvgIpc) is 2.98. The number of nitrogens with one attached hydrogen (secondary N) is 1. The summed E-state index contributed by atoms with van der Waals surface area (Å²) >= 11 is 1.62. The Morgan fingerprint density at radius 3 is 3.11 bits per heavy atom. The number of amides is 1. The summed E-state index contributed by atoms with van der Waals surface area (Å²) in [4.78, 5) is 12.9. The lowest BCUT2D eigenvalue weighted by Crippen LogP contribution is -2.29. The molecule has 7 heteroatoms. The minimum Gasteiger partial charge on any atom is -0.347 e. The van der Waals surface area contributed by atoms with E-state index >= 15 is 0 Å². The first kappa shape index (κ1) is 12.7. The number of aromatic nitrogens is 3. The number of nitrogens with zero attached hydrogens (tertiary/aromatic N) is 3. The number of hydrogen-bond donors (Lipinski definition) is 2. The highest BCUT2D eigenvalue weighted by Crippen LogP contribution is 2.17. The maximum absolute atomic E-state index is 11.8. The zero-order valence-corrected chi connectivity index (χ0v) is 10.9. The van der Waals surface area contributed by atoms with Crippen molar-refractivity contribution in [2.24, 2.45) is 5.73 Å². The van der Waals surface area contributed by atoms with E-state index in [1.54, 1.807) is 17.5 Å². The molecule has 0 saturated carbocycles. The molecule has 0 aliphatic heterocycles. The molecule has 1 atom stereocenters. The summed E-state index contributed by atoms with van der Waals surface area (Å²) in [5.74, 6) is -0.0932. The van der Waals surface area contributed by atoms with Gasteiger partial charge >= 0.3 is 0 Å². The van der Waals surface area contributed by atoms with E-state index in [1.807, 2.05) is 24.4 Å². The van der Waals surface area contributed by atoms with E-state index in [4.69, 9.17) is 5.73 Å². The average molecular weight is 265 g/mol. The fourth-order valence-electron chi connectivity index (χ4n) is 1.55. The van der Waals surface area contributed by atoms with Crippen molar-refractivity contribution in [2.45, 2.75) is 26.1 Å². The molecule has 0 saturated heterocycles. The Kier molecular flexibility index (Phi) is 4.06. The zero-order chi connectivity index (χ0) is 13.0. The number of nitrogens with two attached hydrogens (primary N) is 1. The van der Waals surface area contributed by atoms with Crippen molar-refractivity contribution in [1.82, 2.24) is 20.3 Å². The van der Waals surface area contributed by atoms with Gasteiger partial charge in [-0.1, -0.05) is 11.3 Å². The quantitative estimate of drug-likeness (QED) is 0.832. The van der Waals surface area contributed by atoms with Gasteiger partial charge in [-0.15, -0.1) is 16.4 Å². The van der Waals surface area contributed by atoms with Crippen LogP contribution in [0.15, 0.2) is 23.7 Å². The lowest BCUT2D eigenvalue weighted by molar-refractivity contribution is -0.122. The van der Waals surface area contributed by atoms with Gasteiger partial charge in [0, 0.05) is 11.4 Å². The van der Waals surface area contributed by atoms with Crippen LogP contribution in [0, 0.1) is 0 Å². The highest BCUT2D eigenvalue weighted by Gasteiger charge is 2.11. The summed E-state index contributed by atoms with van der Waals surface area (Å²) in [5, 5.41) is 12.6. The molecule has 18 heavy (non-hydrogen) atoms. The van der Waals surface area contributed by atoms with Gasteiger partial charge in [0.25, 0.3) is 0 Å². The summed E-state index contributed by atoms with van der Waals surface area (Å²) in [7, 11) is 0. The van der Waals surface area contributed by atoms with Crippen molar-refractivity contribution in [3.8, 4) is 0 Å². The molecule has 2 rings (SSSR count). The van der Waals surface area contributed by atoms with E-state index in [9.17, 15) is 4.79 Å². The van der Waals surface area contributed by atoms with Gasteiger partial charge in [0.2, 0.25) is 5.91 Å². The second-order valence-corrected chi connectivity index (χ2v) is 4.90. The molecule has 2 aromatic heterocycles. The highest BCUT2D eigenvalue weighted by molar-refractivity contribution is 7.10. The standard InChI is InChI=1S/C11H15N5OS/c1-8(10-3-2-4-18-10)13-11(17)7-16-6-9(5-12)14-15-16/h2-4,6,8H,5,7,12H2,1H3,(H,13,17)/t8-/m1/s1. The fraction of sp³-hybridized carbons (Fsp3) is 0.364. The molecule has 3 N–H and O–H groups in total. The summed E-state index contributed by atoms with van der Waals surface area (Å²) in [6.07, 6.45) is 1.68. The number of hydrogen-bond acceptors (Lipinski definition) is 5. The smallest absolute Gasteiger partial charge is 0.242 e. The van der Waals surface area contributed by atoms with Gasteiger partial charge in [0.1, 0.15) is 6.54 Å². The molecule has 2 aromatic rings. The zero-order valence-electron chi connectivity index (χ0n) is 10.0. The second kappa shape index (κ2) is 5.74. The normalized spacial score (nSPS) is 12.3. The number of carbonyl (C=O) groups is 1. The minimum atomic E-state index is -0.0932. The molecule has 2 heterocycles. The van der Waals surface area contributed by atoms with Gasteiger partial charge < -0.3 is 11.1 Å². The minimum absolute atomic E-state index is 0.00926. The third-order valence-corrected chi connectivity index (χ3v) is 3.50. The maximum atomic E-state index is 11.8. The van der Waals surface area contributed by atoms with Crippen LogP contribution in [0.1, 0.15) is 23.5 Å². The first-order valence-electron chi connectivity index (χ1n) is 5.61. The molecule has 0 aromatic carbocycles. The summed E-state index contributed by atoms with van der Waals surface area (Å²) < 4.78 is 1.48. The molecule has 0 radical (unpaired) electrons. The Balaban J connectivity index is 1.88. The molecule has 96 valence electrons. The van der Waals surface area contributed by atoms with Crippen LogP contribution in [-0.4, -0.2) is 20.9 Å². The number of thiophene rings is 1. The number of carbonyl (C=O) groups excluding carboxylic acids is 1. The molecule has 0 aliphatic carbocycles. The van der Waals surface area contributed by atoms with Crippen LogP contribution < -0.4 is 11.1 Å². The summed E-state index contributed by atoms with van der Waals surface area (Å²) in [6.45, 7) is 2.44. The molecular weight excluding hydrogens is 250 g/mol. The van der Waals surface area contributed by atoms with Crippen LogP contribution in [-0.2, 0) is 17.9 Å². The van der Waals surface area contributed by atoms with E-state index < -0.39 is 0 Å². The third-order valence-electron chi connectivity index (χ3n) is 2.45. The lowest BCUT2D eigenvalue weighted by atomic mass is 10.3. The molecule has 1 amide bonds. The van der Waals surface area contributed by atoms with Crippen LogP contribution >= 0.6 is 11.3 Å². The maximum Gasteiger partial charge on any atom is 0.242 e. The fourth-order valence-corrected chi connectivity index (χ4v) is 2.29. The SMILES string of the molecule is C[C@@H](NC(=O)Cn1cc(CN)nn1)c1cccs1. The van der Waals surface area contributed by atoms with Crippen molar-refractivity contribution in [3.63, 3.8) is 0 Å². The molecule has 0 bridgehead atoms. The van der Waals surface area contributed by atoms with Gasteiger partial charge in [-0.3, -0.25) is 4.79 Å². The van der Waals surface area contributed by atoms with Crippen LogP contribution in [0.4, 0.5) is 0 Å². The predicted octanol–water partition coefficient (Wildman–Crippen LogP) is 0.676. The van der Waals surface area contributed by atoms with E-state index in [0.717, 1.165) is 4.88 Å². The van der Waals surface area contributed by atoms with Crippen molar-refractivity contribution in [3.05, 3.63) is 34.3 Å². The van der Waals surface area contributed by atoms with E-state index in [0.29, 0.717) is 12.2 Å². The number of rotatable bonds is 5. The van der Waals surface area contributed by atoms with Crippen LogP contribution in [0.25, 0.3) is 0 Å². The third kappa shape index (κ3) is 3.14. The van der Waals surface area contributed by atoms with Crippen LogP contribution in [0.3, 0.4) is 0 Å². The van der Waals surface area contributed by atoms with Crippen molar-refractivity contribution in [2.75, 3.05) is 0 Å². The Hall–Kier alpha value is -1.73. The monoisotopic (exact) mass is 265 g/mol. The van der Waals surface area contributed by atoms with Gasteiger partial charge in [0.15, 0.2) is 0 Å². The summed E-state index contributed by atoms with van der Waals surface area (Å²) in [5.41, 5.74) is 6.10. The molecule has 0 aliphatic rings. The van der Waals surface area contributed by atoms with Crippen molar-refractivity contribution >= 4 is 17.2 Å². The Morgan fingerprint density at radius 2 is 2.50 bits per heavy atom. The molecule has 6 nitrogen and oxygen atoms in total. The Labute approximate surface area is 109 Å².